The molecule has 3 aliphatic rings. The number of unbranched alkanes of at least 4 members (excludes halogenated alkanes) is 1. The Morgan fingerprint density at radius 1 is 0.524 bits per heavy atom. The largest absolute Gasteiger partial charge is 0.310 e. The number of nitrogens with one attached hydrogen (secondary N) is 3. The standard InChI is InChI=1S/C36H44Cl3N3/c37-28-7-10-31-25(21-28)15-18-40-34(31)4-2-1-3-24(5-13-35-32-11-8-29(38)22-26(32)16-19-41-35)6-14-36-33-12-9-30(39)23-27(33)17-20-42-36/h7-12,21-24,34-36,40-42H,1-6,13-20H2. The van der Waals surface area contributed by atoms with Gasteiger partial charge in [0.15, 0.2) is 0 Å². The van der Waals surface area contributed by atoms with Crippen molar-refractivity contribution < 1.29 is 0 Å². The Kier molecular flexibility index (Phi) is 10.5. The van der Waals surface area contributed by atoms with E-state index in [1.807, 2.05) is 6.07 Å². The second-order valence-corrected chi connectivity index (χ2v) is 13.9. The minimum Gasteiger partial charge on any atom is -0.310 e. The van der Waals surface area contributed by atoms with E-state index in [1.165, 1.54) is 84.7 Å². The molecule has 3 nitrogen and oxygen atoms in total. The molecular weight excluding hydrogens is 581 g/mol. The number of hydrogen-bond acceptors (Lipinski definition) is 3. The molecule has 0 spiro atoms. The highest BCUT2D eigenvalue weighted by molar-refractivity contribution is 6.31. The van der Waals surface area contributed by atoms with Crippen LogP contribution in [0.5, 0.6) is 0 Å². The topological polar surface area (TPSA) is 36.1 Å². The van der Waals surface area contributed by atoms with Gasteiger partial charge in [-0.2, -0.15) is 0 Å². The molecule has 3 atom stereocenters. The normalized spacial score (nSPS) is 22.2. The van der Waals surface area contributed by atoms with Crippen molar-refractivity contribution in [3.63, 3.8) is 0 Å². The van der Waals surface area contributed by atoms with Gasteiger partial charge in [0.2, 0.25) is 0 Å². The van der Waals surface area contributed by atoms with E-state index < -0.39 is 0 Å². The van der Waals surface area contributed by atoms with Gasteiger partial charge < -0.3 is 16.0 Å². The molecular formula is C36H44Cl3N3. The molecule has 3 N–H and O–H groups in total. The highest BCUT2D eigenvalue weighted by Gasteiger charge is 2.25. The maximum atomic E-state index is 6.33. The third-order valence-corrected chi connectivity index (χ3v) is 10.6. The number of halogens is 3. The fourth-order valence-corrected chi connectivity index (χ4v) is 8.24. The molecule has 224 valence electrons. The van der Waals surface area contributed by atoms with Crippen molar-refractivity contribution in [1.82, 2.24) is 16.0 Å². The molecule has 0 bridgehead atoms. The van der Waals surface area contributed by atoms with Crippen molar-refractivity contribution >= 4 is 34.8 Å². The zero-order valence-electron chi connectivity index (χ0n) is 24.5. The predicted octanol–water partition coefficient (Wildman–Crippen LogP) is 9.34. The number of fused-ring (bicyclic) bond motifs is 3. The minimum atomic E-state index is 0.430. The van der Waals surface area contributed by atoms with E-state index >= 15 is 0 Å². The fraction of sp³-hybridized carbons (Fsp3) is 0.500. The molecule has 42 heavy (non-hydrogen) atoms. The molecule has 0 aromatic heterocycles. The van der Waals surface area contributed by atoms with Gasteiger partial charge >= 0.3 is 0 Å². The quantitative estimate of drug-likeness (QED) is 0.186. The second kappa shape index (κ2) is 14.5. The van der Waals surface area contributed by atoms with E-state index in [1.54, 1.807) is 0 Å². The highest BCUT2D eigenvalue weighted by atomic mass is 35.5. The summed E-state index contributed by atoms with van der Waals surface area (Å²) in [6.07, 6.45) is 13.1. The molecule has 3 heterocycles. The molecule has 0 saturated carbocycles. The van der Waals surface area contributed by atoms with Gasteiger partial charge in [0, 0.05) is 33.2 Å². The zero-order valence-corrected chi connectivity index (χ0v) is 26.8. The molecule has 0 amide bonds. The monoisotopic (exact) mass is 623 g/mol. The number of hydrogen-bond donors (Lipinski definition) is 3. The van der Waals surface area contributed by atoms with Gasteiger partial charge in [-0.05, 0) is 147 Å². The Hall–Kier alpha value is -1.59. The molecule has 6 rings (SSSR count). The maximum absolute atomic E-state index is 6.33. The van der Waals surface area contributed by atoms with Crippen molar-refractivity contribution in [2.45, 2.75) is 88.8 Å². The van der Waals surface area contributed by atoms with Crippen LogP contribution in [0.2, 0.25) is 15.1 Å². The lowest BCUT2D eigenvalue weighted by Crippen LogP contribution is -2.31. The Labute approximate surface area is 267 Å². The van der Waals surface area contributed by atoms with Crippen molar-refractivity contribution in [3.8, 4) is 0 Å². The van der Waals surface area contributed by atoms with Gasteiger partial charge in [0.05, 0.1) is 0 Å². The summed E-state index contributed by atoms with van der Waals surface area (Å²) in [7, 11) is 0. The molecule has 6 heteroatoms. The van der Waals surface area contributed by atoms with E-state index in [4.69, 9.17) is 34.8 Å². The molecule has 3 aromatic carbocycles. The van der Waals surface area contributed by atoms with Gasteiger partial charge in [0.25, 0.3) is 0 Å². The van der Waals surface area contributed by atoms with E-state index in [9.17, 15) is 0 Å². The minimum absolute atomic E-state index is 0.430. The van der Waals surface area contributed by atoms with Crippen molar-refractivity contribution in [1.29, 1.82) is 0 Å². The Morgan fingerprint density at radius 3 is 1.36 bits per heavy atom. The molecule has 0 fully saturated rings. The summed E-state index contributed by atoms with van der Waals surface area (Å²) in [5.41, 5.74) is 8.62. The van der Waals surface area contributed by atoms with E-state index in [-0.39, 0.29) is 0 Å². The smallest absolute Gasteiger partial charge is 0.0408 e. The van der Waals surface area contributed by atoms with Crippen LogP contribution in [-0.2, 0) is 19.3 Å². The van der Waals surface area contributed by atoms with Crippen molar-refractivity contribution in [2.24, 2.45) is 5.92 Å². The van der Waals surface area contributed by atoms with Crippen LogP contribution in [-0.4, -0.2) is 19.6 Å². The maximum Gasteiger partial charge on any atom is 0.0408 e. The summed E-state index contributed by atoms with van der Waals surface area (Å²) in [5, 5.41) is 14.0. The average molecular weight is 625 g/mol. The van der Waals surface area contributed by atoms with Crippen LogP contribution in [0.25, 0.3) is 0 Å². The molecule has 0 aliphatic carbocycles. The number of benzene rings is 3. The van der Waals surface area contributed by atoms with E-state index in [2.05, 4.69) is 64.5 Å². The van der Waals surface area contributed by atoms with Gasteiger partial charge in [0.1, 0.15) is 0 Å². The third kappa shape index (κ3) is 7.54. The average Bonchev–Trinajstić information content (AvgIpc) is 2.99. The van der Waals surface area contributed by atoms with Gasteiger partial charge in [-0.15, -0.1) is 0 Å². The van der Waals surface area contributed by atoms with Crippen LogP contribution in [0.1, 0.15) is 103 Å². The zero-order chi connectivity index (χ0) is 28.9. The van der Waals surface area contributed by atoms with Crippen LogP contribution in [0.15, 0.2) is 54.6 Å². The van der Waals surface area contributed by atoms with Crippen LogP contribution >= 0.6 is 34.8 Å². The highest BCUT2D eigenvalue weighted by Crippen LogP contribution is 2.36. The predicted molar refractivity (Wildman–Crippen MR) is 178 cm³/mol. The Morgan fingerprint density at radius 2 is 0.929 bits per heavy atom. The van der Waals surface area contributed by atoms with Crippen LogP contribution in [0, 0.1) is 5.92 Å². The molecule has 3 aliphatic heterocycles. The summed E-state index contributed by atoms with van der Waals surface area (Å²) < 4.78 is 0. The summed E-state index contributed by atoms with van der Waals surface area (Å²) in [5.74, 6) is 0.717. The summed E-state index contributed by atoms with van der Waals surface area (Å²) in [4.78, 5) is 0. The first-order chi connectivity index (χ1) is 20.5. The molecule has 3 unspecified atom stereocenters. The lowest BCUT2D eigenvalue weighted by atomic mass is 9.83. The molecule has 0 saturated heterocycles. The first-order valence-corrected chi connectivity index (χ1v) is 17.2. The summed E-state index contributed by atoms with van der Waals surface area (Å²) in [6, 6.07) is 20.7. The van der Waals surface area contributed by atoms with E-state index in [0.29, 0.717) is 18.1 Å². The SMILES string of the molecule is Clc1ccc2c(c1)CCNC2CCCCC(CCC1NCCc2cc(Cl)ccc21)CCC1NCCc2cc(Cl)ccc21. The van der Waals surface area contributed by atoms with Crippen molar-refractivity contribution in [3.05, 3.63) is 103 Å². The Balaban J connectivity index is 1.08. The van der Waals surface area contributed by atoms with Crippen LogP contribution < -0.4 is 16.0 Å². The lowest BCUT2D eigenvalue weighted by Gasteiger charge is -2.31. The van der Waals surface area contributed by atoms with Gasteiger partial charge in [-0.1, -0.05) is 72.3 Å². The van der Waals surface area contributed by atoms with Gasteiger partial charge in [-0.25, -0.2) is 0 Å². The summed E-state index contributed by atoms with van der Waals surface area (Å²) >= 11 is 18.9. The fourth-order valence-electron chi connectivity index (χ4n) is 7.66. The van der Waals surface area contributed by atoms with Crippen molar-refractivity contribution in [2.75, 3.05) is 19.6 Å². The molecule has 0 radical (unpaired) electrons. The van der Waals surface area contributed by atoms with Gasteiger partial charge in [-0.3, -0.25) is 0 Å². The first-order valence-electron chi connectivity index (χ1n) is 16.1. The lowest BCUT2D eigenvalue weighted by molar-refractivity contribution is 0.323. The number of rotatable bonds is 11. The second-order valence-electron chi connectivity index (χ2n) is 12.6. The van der Waals surface area contributed by atoms with E-state index in [0.717, 1.165) is 59.9 Å². The first kappa shape index (κ1) is 30.4. The molecule has 3 aromatic rings. The Bertz CT molecular complexity index is 1290. The van der Waals surface area contributed by atoms with Crippen LogP contribution in [0.3, 0.4) is 0 Å². The third-order valence-electron chi connectivity index (χ3n) is 9.88. The summed E-state index contributed by atoms with van der Waals surface area (Å²) in [6.45, 7) is 3.12. The van der Waals surface area contributed by atoms with Crippen LogP contribution in [0.4, 0.5) is 0 Å².